The Kier molecular flexibility index (Phi) is 8.67. The number of methoxy groups -OCH3 is 2. The summed E-state index contributed by atoms with van der Waals surface area (Å²) < 4.78 is 18.7. The highest BCUT2D eigenvalue weighted by Gasteiger charge is 2.23. The van der Waals surface area contributed by atoms with Crippen LogP contribution in [0.1, 0.15) is 18.9 Å². The zero-order valence-corrected chi connectivity index (χ0v) is 19.3. The third-order valence-electron chi connectivity index (χ3n) is 5.16. The van der Waals surface area contributed by atoms with Crippen molar-refractivity contribution < 1.29 is 19.3 Å². The lowest BCUT2D eigenvalue weighted by molar-refractivity contribution is 0.0357. The van der Waals surface area contributed by atoms with Gasteiger partial charge >= 0.3 is 0 Å². The smallest absolute Gasteiger partial charge is 0.222 e. The van der Waals surface area contributed by atoms with Gasteiger partial charge in [-0.05, 0) is 25.1 Å². The molecule has 1 aromatic heterocycles. The highest BCUT2D eigenvalue weighted by atomic mass is 16.5. The fourth-order valence-corrected chi connectivity index (χ4v) is 3.78. The minimum atomic E-state index is -0.568. The zero-order valence-electron chi connectivity index (χ0n) is 19.3. The van der Waals surface area contributed by atoms with E-state index in [1.54, 1.807) is 18.9 Å². The number of benzene rings is 2. The second kappa shape index (κ2) is 11.7. The average Bonchev–Trinajstić information content (AvgIpc) is 3.10. The van der Waals surface area contributed by atoms with Crippen molar-refractivity contribution in [3.05, 3.63) is 60.2 Å². The van der Waals surface area contributed by atoms with E-state index >= 15 is 0 Å². The third-order valence-corrected chi connectivity index (χ3v) is 5.16. The molecule has 7 heteroatoms. The molecule has 7 nitrogen and oxygen atoms in total. The molecule has 0 fully saturated rings. The first kappa shape index (κ1) is 23.8. The molecule has 0 amide bonds. The van der Waals surface area contributed by atoms with Gasteiger partial charge in [-0.2, -0.15) is 5.10 Å². The molecule has 1 N–H and O–H groups in total. The molecule has 0 saturated heterocycles. The summed E-state index contributed by atoms with van der Waals surface area (Å²) in [5.41, 5.74) is 2.84. The van der Waals surface area contributed by atoms with E-state index in [0.717, 1.165) is 29.8 Å². The van der Waals surface area contributed by atoms with Crippen LogP contribution in [0.25, 0.3) is 11.3 Å². The van der Waals surface area contributed by atoms with Gasteiger partial charge in [0.15, 0.2) is 11.5 Å². The molecule has 0 spiro atoms. The predicted octanol–water partition coefficient (Wildman–Crippen LogP) is 4.11. The Morgan fingerprint density at radius 3 is 2.38 bits per heavy atom. The topological polar surface area (TPSA) is 69.0 Å². The van der Waals surface area contributed by atoms with E-state index in [-0.39, 0.29) is 0 Å². The number of rotatable bonds is 12. The molecule has 0 unspecified atom stereocenters. The highest BCUT2D eigenvalue weighted by molar-refractivity contribution is 5.65. The number of hydrogen-bond donors (Lipinski definition) is 1. The predicted molar refractivity (Wildman–Crippen MR) is 125 cm³/mol. The maximum Gasteiger partial charge on any atom is 0.222 e. The van der Waals surface area contributed by atoms with Crippen LogP contribution in [-0.2, 0) is 18.3 Å². The molecular weight excluding hydrogens is 406 g/mol. The molecule has 2 aromatic carbocycles. The van der Waals surface area contributed by atoms with Crippen molar-refractivity contribution in [3.63, 3.8) is 0 Å². The van der Waals surface area contributed by atoms with Gasteiger partial charge in [0.25, 0.3) is 0 Å². The van der Waals surface area contributed by atoms with Crippen LogP contribution in [0.3, 0.4) is 0 Å². The normalized spacial score (nSPS) is 12.2. The lowest BCUT2D eigenvalue weighted by Crippen LogP contribution is -2.35. The van der Waals surface area contributed by atoms with Crippen LogP contribution >= 0.6 is 0 Å². The Bertz CT molecular complexity index is 975. The molecule has 0 aliphatic rings. The van der Waals surface area contributed by atoms with Gasteiger partial charge < -0.3 is 19.3 Å². The summed E-state index contributed by atoms with van der Waals surface area (Å²) in [6.07, 6.45) is 0.394. The van der Waals surface area contributed by atoms with Gasteiger partial charge in [-0.3, -0.25) is 4.90 Å². The Hall–Kier alpha value is -2.87. The molecule has 172 valence electrons. The van der Waals surface area contributed by atoms with Crippen LogP contribution in [0.2, 0.25) is 0 Å². The van der Waals surface area contributed by atoms with Crippen molar-refractivity contribution in [2.75, 3.05) is 33.9 Å². The van der Waals surface area contributed by atoms with Crippen molar-refractivity contribution in [1.29, 1.82) is 0 Å². The van der Waals surface area contributed by atoms with Crippen molar-refractivity contribution >= 4 is 0 Å². The molecule has 0 radical (unpaired) electrons. The van der Waals surface area contributed by atoms with Gasteiger partial charge in [-0.1, -0.05) is 49.4 Å². The van der Waals surface area contributed by atoms with E-state index in [1.807, 2.05) is 61.6 Å². The summed E-state index contributed by atoms with van der Waals surface area (Å²) in [6, 6.07) is 17.6. The molecule has 1 heterocycles. The summed E-state index contributed by atoms with van der Waals surface area (Å²) in [5.74, 6) is 1.93. The van der Waals surface area contributed by atoms with E-state index in [2.05, 4.69) is 11.8 Å². The van der Waals surface area contributed by atoms with Crippen LogP contribution in [0.5, 0.6) is 17.4 Å². The standard InChI is InChI=1S/C25H33N3O4/c1-5-15-28(16-20(29)18-30-3)17-21-24(19-11-7-6-8-12-19)26-27(2)25(21)32-23-14-10-9-13-22(23)31-4/h6-14,20,29H,5,15-18H2,1-4H3/t20-/m1/s1. The van der Waals surface area contributed by atoms with Crippen LogP contribution in [0, 0.1) is 0 Å². The molecule has 0 saturated carbocycles. The van der Waals surface area contributed by atoms with Gasteiger partial charge in [0.05, 0.1) is 25.4 Å². The first-order chi connectivity index (χ1) is 15.6. The first-order valence-electron chi connectivity index (χ1n) is 10.9. The summed E-state index contributed by atoms with van der Waals surface area (Å²) in [7, 11) is 5.10. The van der Waals surface area contributed by atoms with Crippen molar-refractivity contribution in [2.24, 2.45) is 7.05 Å². The largest absolute Gasteiger partial charge is 0.493 e. The molecule has 3 rings (SSSR count). The van der Waals surface area contributed by atoms with E-state index in [1.165, 1.54) is 0 Å². The third kappa shape index (κ3) is 5.88. The van der Waals surface area contributed by atoms with Gasteiger partial charge in [0.2, 0.25) is 5.88 Å². The average molecular weight is 440 g/mol. The minimum absolute atomic E-state index is 0.295. The Morgan fingerprint density at radius 1 is 1.03 bits per heavy atom. The van der Waals surface area contributed by atoms with Gasteiger partial charge in [-0.25, -0.2) is 4.68 Å². The van der Waals surface area contributed by atoms with Crippen molar-refractivity contribution in [3.8, 4) is 28.6 Å². The number of ether oxygens (including phenoxy) is 3. The van der Waals surface area contributed by atoms with E-state index in [4.69, 9.17) is 19.3 Å². The summed E-state index contributed by atoms with van der Waals surface area (Å²) in [5, 5.41) is 15.2. The maximum absolute atomic E-state index is 10.4. The molecule has 0 aliphatic carbocycles. The van der Waals surface area contributed by atoms with Gasteiger partial charge in [-0.15, -0.1) is 0 Å². The van der Waals surface area contributed by atoms with Crippen LogP contribution in [-0.4, -0.2) is 59.8 Å². The number of aryl methyl sites for hydroxylation is 1. The molecule has 1 atom stereocenters. The zero-order chi connectivity index (χ0) is 22.9. The summed E-state index contributed by atoms with van der Waals surface area (Å²) in [4.78, 5) is 2.21. The fourth-order valence-electron chi connectivity index (χ4n) is 3.78. The molecule has 0 bridgehead atoms. The summed E-state index contributed by atoms with van der Waals surface area (Å²) in [6.45, 7) is 4.33. The SMILES string of the molecule is CCCN(Cc1c(-c2ccccc2)nn(C)c1Oc1ccccc1OC)C[C@@H](O)COC. The molecule has 32 heavy (non-hydrogen) atoms. The number of aliphatic hydroxyl groups is 1. The molecular formula is C25H33N3O4. The number of aliphatic hydroxyl groups excluding tert-OH is 1. The lowest BCUT2D eigenvalue weighted by Gasteiger charge is -2.25. The van der Waals surface area contributed by atoms with Gasteiger partial charge in [0, 0.05) is 32.8 Å². The minimum Gasteiger partial charge on any atom is -0.493 e. The van der Waals surface area contributed by atoms with Crippen LogP contribution in [0.4, 0.5) is 0 Å². The Morgan fingerprint density at radius 2 is 1.72 bits per heavy atom. The van der Waals surface area contributed by atoms with Crippen LogP contribution < -0.4 is 9.47 Å². The maximum atomic E-state index is 10.4. The number of aromatic nitrogens is 2. The number of para-hydroxylation sites is 2. The molecule has 3 aromatic rings. The van der Waals surface area contributed by atoms with Crippen molar-refractivity contribution in [2.45, 2.75) is 26.0 Å². The van der Waals surface area contributed by atoms with E-state index in [0.29, 0.717) is 37.1 Å². The van der Waals surface area contributed by atoms with E-state index in [9.17, 15) is 5.11 Å². The van der Waals surface area contributed by atoms with Crippen molar-refractivity contribution in [1.82, 2.24) is 14.7 Å². The Balaban J connectivity index is 2.02. The van der Waals surface area contributed by atoms with Crippen LogP contribution in [0.15, 0.2) is 54.6 Å². The number of nitrogens with zero attached hydrogens (tertiary/aromatic N) is 3. The highest BCUT2D eigenvalue weighted by Crippen LogP contribution is 2.37. The Labute approximate surface area is 190 Å². The number of hydrogen-bond acceptors (Lipinski definition) is 6. The second-order valence-corrected chi connectivity index (χ2v) is 7.72. The monoisotopic (exact) mass is 439 g/mol. The quantitative estimate of drug-likeness (QED) is 0.458. The summed E-state index contributed by atoms with van der Waals surface area (Å²) >= 11 is 0. The lowest BCUT2D eigenvalue weighted by atomic mass is 10.1. The van der Waals surface area contributed by atoms with Gasteiger partial charge in [0.1, 0.15) is 5.69 Å². The second-order valence-electron chi connectivity index (χ2n) is 7.72. The molecule has 0 aliphatic heterocycles. The first-order valence-corrected chi connectivity index (χ1v) is 10.9. The fraction of sp³-hybridized carbons (Fsp3) is 0.400. The van der Waals surface area contributed by atoms with E-state index < -0.39 is 6.10 Å².